The number of hydrogen-bond donors (Lipinski definition) is 1. The van der Waals surface area contributed by atoms with E-state index in [-0.39, 0.29) is 12.2 Å². The summed E-state index contributed by atoms with van der Waals surface area (Å²) in [5, 5.41) is 6.03. The molecular weight excluding hydrogens is 544 g/mol. The summed E-state index contributed by atoms with van der Waals surface area (Å²) in [5.74, 6) is 0.183. The molecule has 2 N–H and O–H groups in total. The Hall–Kier alpha value is -2.92. The molecule has 2 aromatic rings. The van der Waals surface area contributed by atoms with Crippen LogP contribution in [0.25, 0.3) is 6.08 Å². The van der Waals surface area contributed by atoms with Gasteiger partial charge in [-0.25, -0.2) is 18.4 Å². The molecule has 41 heavy (non-hydrogen) atoms. The van der Waals surface area contributed by atoms with Gasteiger partial charge in [-0.1, -0.05) is 43.2 Å². The lowest BCUT2D eigenvalue weighted by Crippen LogP contribution is -2.35. The van der Waals surface area contributed by atoms with Gasteiger partial charge in [-0.3, -0.25) is 0 Å². The molecule has 9 nitrogen and oxygen atoms in total. The fourth-order valence-electron chi connectivity index (χ4n) is 4.94. The molecule has 0 saturated carbocycles. The normalized spacial score (nSPS) is 18.4. The number of benzene rings is 2. The number of hydrogen-bond acceptors (Lipinski definition) is 7. The van der Waals surface area contributed by atoms with Crippen molar-refractivity contribution in [3.63, 3.8) is 0 Å². The fourth-order valence-corrected chi connectivity index (χ4v) is 5.29. The molecule has 0 bridgehead atoms. The summed E-state index contributed by atoms with van der Waals surface area (Å²) in [6.45, 7) is 6.98. The van der Waals surface area contributed by atoms with Gasteiger partial charge in [0.1, 0.15) is 11.9 Å². The molecule has 1 amide bonds. The Kier molecular flexibility index (Phi) is 10.8. The molecule has 0 radical (unpaired) electrons. The highest BCUT2D eigenvalue weighted by atomic mass is 32.2. The second-order valence-corrected chi connectivity index (χ2v) is 12.5. The lowest BCUT2D eigenvalue weighted by Gasteiger charge is -2.32. The molecule has 0 spiro atoms. The molecule has 1 saturated heterocycles. The number of nitrogens with zero attached hydrogens (tertiary/aromatic N) is 1. The van der Waals surface area contributed by atoms with Crippen LogP contribution < -0.4 is 9.88 Å². The minimum Gasteiger partial charge on any atom is -0.463 e. The van der Waals surface area contributed by atoms with E-state index in [1.54, 1.807) is 4.90 Å². The first-order chi connectivity index (χ1) is 19.6. The van der Waals surface area contributed by atoms with Gasteiger partial charge in [0.15, 0.2) is 0 Å². The monoisotopic (exact) mass is 586 g/mol. The average Bonchev–Trinajstić information content (AvgIpc) is 3.30. The third-order valence-corrected chi connectivity index (χ3v) is 7.66. The number of rotatable bonds is 15. The van der Waals surface area contributed by atoms with Crippen LogP contribution in [0.4, 0.5) is 4.79 Å². The van der Waals surface area contributed by atoms with E-state index in [0.29, 0.717) is 19.7 Å². The summed E-state index contributed by atoms with van der Waals surface area (Å²) in [6, 6.07) is 13.7. The van der Waals surface area contributed by atoms with Crippen molar-refractivity contribution in [1.29, 1.82) is 0 Å². The standard InChI is InChI=1S/C31H42N2O7S/c1-31(2)38-23-27-21-26(13-14-28(27)40-31)29-22-33(30(34)39-29)16-6-3-4-7-17-37-18-8-5-10-24-11-9-12-25(20-24)15-19-41(32,35)36/h9,11-15,19-21,29H,3-8,10,16-18,22-23H2,1-2H3,(H2,32,35,36)/b19-15+/t29-/m0/s1. The molecule has 2 aromatic carbocycles. The van der Waals surface area contributed by atoms with Gasteiger partial charge in [-0.2, -0.15) is 0 Å². The minimum absolute atomic E-state index is 0.253. The van der Waals surface area contributed by atoms with Gasteiger partial charge in [0, 0.05) is 44.6 Å². The predicted octanol–water partition coefficient (Wildman–Crippen LogP) is 5.68. The topological polar surface area (TPSA) is 117 Å². The second kappa shape index (κ2) is 14.3. The zero-order chi connectivity index (χ0) is 29.3. The number of cyclic esters (lactones) is 1. The summed E-state index contributed by atoms with van der Waals surface area (Å²) >= 11 is 0. The Morgan fingerprint density at radius 3 is 2.63 bits per heavy atom. The van der Waals surface area contributed by atoms with Crippen LogP contribution in [0, 0.1) is 0 Å². The zero-order valence-electron chi connectivity index (χ0n) is 24.0. The van der Waals surface area contributed by atoms with Crippen LogP contribution in [0.3, 0.4) is 0 Å². The second-order valence-electron chi connectivity index (χ2n) is 11.1. The number of ether oxygens (including phenoxy) is 4. The molecule has 224 valence electrons. The number of carbonyl (C=O) groups is 1. The fraction of sp³-hybridized carbons (Fsp3) is 0.516. The molecule has 2 aliphatic rings. The average molecular weight is 587 g/mol. The molecule has 1 atom stereocenters. The zero-order valence-corrected chi connectivity index (χ0v) is 24.9. The Bertz CT molecular complexity index is 1310. The number of carbonyl (C=O) groups excluding carboxylic acids is 1. The van der Waals surface area contributed by atoms with Crippen molar-refractivity contribution in [2.45, 2.75) is 77.3 Å². The van der Waals surface area contributed by atoms with Crippen molar-refractivity contribution in [3.05, 3.63) is 70.1 Å². The minimum atomic E-state index is -3.62. The van der Waals surface area contributed by atoms with Crippen LogP contribution in [0.5, 0.6) is 5.75 Å². The van der Waals surface area contributed by atoms with Crippen molar-refractivity contribution in [2.24, 2.45) is 5.14 Å². The Morgan fingerprint density at radius 2 is 1.83 bits per heavy atom. The van der Waals surface area contributed by atoms with Crippen LogP contribution in [0.1, 0.15) is 80.7 Å². The van der Waals surface area contributed by atoms with Gasteiger partial charge in [-0.15, -0.1) is 0 Å². The molecule has 0 aliphatic carbocycles. The summed E-state index contributed by atoms with van der Waals surface area (Å²) in [4.78, 5) is 14.2. The van der Waals surface area contributed by atoms with Crippen molar-refractivity contribution in [1.82, 2.24) is 4.90 Å². The summed E-state index contributed by atoms with van der Waals surface area (Å²) in [6.07, 6.45) is 7.91. The van der Waals surface area contributed by atoms with E-state index in [0.717, 1.165) is 91.6 Å². The highest BCUT2D eigenvalue weighted by Gasteiger charge is 2.33. The number of fused-ring (bicyclic) bond motifs is 1. The first kappa shape index (κ1) is 31.0. The first-order valence-electron chi connectivity index (χ1n) is 14.4. The maximum Gasteiger partial charge on any atom is 0.410 e. The quantitative estimate of drug-likeness (QED) is 0.267. The van der Waals surface area contributed by atoms with Crippen LogP contribution >= 0.6 is 0 Å². The van der Waals surface area contributed by atoms with Crippen LogP contribution in [-0.4, -0.2) is 51.5 Å². The van der Waals surface area contributed by atoms with E-state index in [4.69, 9.17) is 24.1 Å². The number of amides is 1. The molecule has 2 heterocycles. The number of primary sulfonamides is 1. The Balaban J connectivity index is 1.03. The Labute approximate surface area is 243 Å². The van der Waals surface area contributed by atoms with Crippen molar-refractivity contribution in [2.75, 3.05) is 26.3 Å². The third-order valence-electron chi connectivity index (χ3n) is 7.15. The molecule has 0 unspecified atom stereocenters. The van der Waals surface area contributed by atoms with Crippen LogP contribution in [0.15, 0.2) is 47.9 Å². The largest absolute Gasteiger partial charge is 0.463 e. The lowest BCUT2D eigenvalue weighted by atomic mass is 10.0. The van der Waals surface area contributed by atoms with Gasteiger partial charge in [0.05, 0.1) is 13.2 Å². The summed E-state index contributed by atoms with van der Waals surface area (Å²) in [5.41, 5.74) is 3.92. The van der Waals surface area contributed by atoms with E-state index in [2.05, 4.69) is 0 Å². The van der Waals surface area contributed by atoms with E-state index in [1.807, 2.05) is 56.3 Å². The maximum absolute atomic E-state index is 12.4. The number of unbranched alkanes of at least 4 members (excludes halogenated alkanes) is 4. The molecule has 10 heteroatoms. The van der Waals surface area contributed by atoms with Crippen molar-refractivity contribution in [3.8, 4) is 5.75 Å². The summed E-state index contributed by atoms with van der Waals surface area (Å²) < 4.78 is 45.2. The van der Waals surface area contributed by atoms with Gasteiger partial charge in [-0.05, 0) is 67.0 Å². The van der Waals surface area contributed by atoms with Gasteiger partial charge in [0.25, 0.3) is 0 Å². The third kappa shape index (κ3) is 10.1. The van der Waals surface area contributed by atoms with Crippen LogP contribution in [0.2, 0.25) is 0 Å². The van der Waals surface area contributed by atoms with E-state index in [9.17, 15) is 13.2 Å². The van der Waals surface area contributed by atoms with Gasteiger partial charge >= 0.3 is 6.09 Å². The van der Waals surface area contributed by atoms with Crippen molar-refractivity contribution < 1.29 is 32.2 Å². The first-order valence-corrected chi connectivity index (χ1v) is 16.0. The molecule has 0 aromatic heterocycles. The SMILES string of the molecule is CC1(C)OCc2cc([C@@H]3CN(CCCCCCOCCCCc4cccc(/C=C/S(N)(=O)=O)c4)C(=O)O3)ccc2O1. The molecular formula is C31H42N2O7S. The smallest absolute Gasteiger partial charge is 0.410 e. The van der Waals surface area contributed by atoms with Gasteiger partial charge in [0.2, 0.25) is 15.8 Å². The maximum atomic E-state index is 12.4. The molecule has 4 rings (SSSR count). The number of aryl methyl sites for hydroxylation is 1. The molecule has 1 fully saturated rings. The number of sulfonamides is 1. The predicted molar refractivity (Wildman–Crippen MR) is 158 cm³/mol. The summed E-state index contributed by atoms with van der Waals surface area (Å²) in [7, 11) is -3.62. The van der Waals surface area contributed by atoms with Crippen molar-refractivity contribution >= 4 is 22.2 Å². The lowest BCUT2D eigenvalue weighted by molar-refractivity contribution is -0.180. The van der Waals surface area contributed by atoms with E-state index >= 15 is 0 Å². The van der Waals surface area contributed by atoms with E-state index in [1.165, 1.54) is 6.08 Å². The highest BCUT2D eigenvalue weighted by Crippen LogP contribution is 2.35. The molecule has 2 aliphatic heterocycles. The number of nitrogens with two attached hydrogens (primary N) is 1. The Morgan fingerprint density at radius 1 is 1.05 bits per heavy atom. The van der Waals surface area contributed by atoms with Gasteiger partial charge < -0.3 is 23.8 Å². The van der Waals surface area contributed by atoms with Crippen LogP contribution in [-0.2, 0) is 37.3 Å². The van der Waals surface area contributed by atoms with E-state index < -0.39 is 15.8 Å². The highest BCUT2D eigenvalue weighted by molar-refractivity contribution is 7.92.